The standard InChI is InChI=1S/C16H15BrN2S/c1-10(2)12-5-3-4-6-13(12)18-16-19-14-8-7-11(17)9-15(14)20-16/h3-10H,1-2H3,(H,18,19). The molecule has 0 atom stereocenters. The Bertz CT molecular complexity index is 749. The fourth-order valence-electron chi connectivity index (χ4n) is 2.18. The molecule has 0 fully saturated rings. The van der Waals surface area contributed by atoms with Gasteiger partial charge in [-0.3, -0.25) is 0 Å². The molecule has 0 aliphatic rings. The number of thiazole rings is 1. The second kappa shape index (κ2) is 5.54. The fraction of sp³-hybridized carbons (Fsp3) is 0.188. The lowest BCUT2D eigenvalue weighted by atomic mass is 10.0. The lowest BCUT2D eigenvalue weighted by molar-refractivity contribution is 0.869. The SMILES string of the molecule is CC(C)c1ccccc1Nc1nc2ccc(Br)cc2s1. The molecule has 0 bridgehead atoms. The summed E-state index contributed by atoms with van der Waals surface area (Å²) in [4.78, 5) is 4.64. The second-order valence-corrected chi connectivity index (χ2v) is 6.94. The molecule has 2 nitrogen and oxygen atoms in total. The van der Waals surface area contributed by atoms with Crippen molar-refractivity contribution < 1.29 is 0 Å². The van der Waals surface area contributed by atoms with Crippen LogP contribution in [0.3, 0.4) is 0 Å². The summed E-state index contributed by atoms with van der Waals surface area (Å²) in [5, 5.41) is 4.39. The number of hydrogen-bond acceptors (Lipinski definition) is 3. The van der Waals surface area contributed by atoms with E-state index in [0.717, 1.165) is 20.8 Å². The smallest absolute Gasteiger partial charge is 0.188 e. The Morgan fingerprint density at radius 2 is 1.95 bits per heavy atom. The van der Waals surface area contributed by atoms with Crippen LogP contribution in [-0.4, -0.2) is 4.98 Å². The number of halogens is 1. The van der Waals surface area contributed by atoms with E-state index >= 15 is 0 Å². The molecule has 0 aliphatic carbocycles. The number of aromatic nitrogens is 1. The van der Waals surface area contributed by atoms with Crippen molar-refractivity contribution >= 4 is 48.3 Å². The molecule has 0 amide bonds. The number of nitrogens with zero attached hydrogens (tertiary/aromatic N) is 1. The van der Waals surface area contributed by atoms with Crippen LogP contribution in [0.25, 0.3) is 10.2 Å². The topological polar surface area (TPSA) is 24.9 Å². The molecule has 0 radical (unpaired) electrons. The van der Waals surface area contributed by atoms with Crippen molar-refractivity contribution in [1.82, 2.24) is 4.98 Å². The van der Waals surface area contributed by atoms with E-state index in [4.69, 9.17) is 0 Å². The zero-order valence-electron chi connectivity index (χ0n) is 11.4. The quantitative estimate of drug-likeness (QED) is 0.635. The molecule has 20 heavy (non-hydrogen) atoms. The number of rotatable bonds is 3. The summed E-state index contributed by atoms with van der Waals surface area (Å²) in [6, 6.07) is 14.6. The molecule has 0 unspecified atom stereocenters. The first-order valence-corrected chi connectivity index (χ1v) is 8.16. The molecular weight excluding hydrogens is 332 g/mol. The maximum Gasteiger partial charge on any atom is 0.188 e. The number of fused-ring (bicyclic) bond motifs is 1. The molecule has 0 saturated heterocycles. The summed E-state index contributed by atoms with van der Waals surface area (Å²) in [6.07, 6.45) is 0. The summed E-state index contributed by atoms with van der Waals surface area (Å²) in [6.45, 7) is 4.41. The van der Waals surface area contributed by atoms with Crippen LogP contribution in [0, 0.1) is 0 Å². The fourth-order valence-corrected chi connectivity index (χ4v) is 3.61. The zero-order valence-corrected chi connectivity index (χ0v) is 13.8. The van der Waals surface area contributed by atoms with Crippen molar-refractivity contribution in [1.29, 1.82) is 0 Å². The van der Waals surface area contributed by atoms with Gasteiger partial charge >= 0.3 is 0 Å². The maximum atomic E-state index is 4.64. The van der Waals surface area contributed by atoms with Crippen LogP contribution in [0.1, 0.15) is 25.3 Å². The highest BCUT2D eigenvalue weighted by atomic mass is 79.9. The van der Waals surface area contributed by atoms with Crippen molar-refractivity contribution in [2.45, 2.75) is 19.8 Å². The highest BCUT2D eigenvalue weighted by molar-refractivity contribution is 9.10. The van der Waals surface area contributed by atoms with E-state index in [0.29, 0.717) is 5.92 Å². The Balaban J connectivity index is 1.97. The monoisotopic (exact) mass is 346 g/mol. The Morgan fingerprint density at radius 3 is 2.75 bits per heavy atom. The van der Waals surface area contributed by atoms with E-state index in [2.05, 4.69) is 70.4 Å². The molecule has 3 aromatic rings. The molecule has 4 heteroatoms. The summed E-state index contributed by atoms with van der Waals surface area (Å²) < 4.78 is 2.27. The summed E-state index contributed by atoms with van der Waals surface area (Å²) in [5.41, 5.74) is 3.48. The van der Waals surface area contributed by atoms with Crippen LogP contribution < -0.4 is 5.32 Å². The van der Waals surface area contributed by atoms with Gasteiger partial charge in [-0.05, 0) is 35.7 Å². The minimum atomic E-state index is 0.488. The van der Waals surface area contributed by atoms with E-state index < -0.39 is 0 Å². The van der Waals surface area contributed by atoms with E-state index in [1.54, 1.807) is 11.3 Å². The predicted molar refractivity (Wildman–Crippen MR) is 91.1 cm³/mol. The maximum absolute atomic E-state index is 4.64. The molecule has 3 rings (SSSR count). The van der Waals surface area contributed by atoms with E-state index in [1.807, 2.05) is 12.1 Å². The highest BCUT2D eigenvalue weighted by Crippen LogP contribution is 2.32. The highest BCUT2D eigenvalue weighted by Gasteiger charge is 2.09. The molecule has 0 saturated carbocycles. The molecule has 1 aromatic heterocycles. The van der Waals surface area contributed by atoms with Gasteiger partial charge in [0.05, 0.1) is 10.2 Å². The minimum absolute atomic E-state index is 0.488. The third kappa shape index (κ3) is 2.72. The number of anilines is 2. The van der Waals surface area contributed by atoms with Crippen LogP contribution in [0.2, 0.25) is 0 Å². The van der Waals surface area contributed by atoms with Gasteiger partial charge in [0, 0.05) is 10.2 Å². The first kappa shape index (κ1) is 13.6. The first-order valence-electron chi connectivity index (χ1n) is 6.55. The molecule has 0 aliphatic heterocycles. The van der Waals surface area contributed by atoms with Gasteiger partial charge in [0.1, 0.15) is 0 Å². The van der Waals surface area contributed by atoms with E-state index in [-0.39, 0.29) is 0 Å². The number of para-hydroxylation sites is 1. The Kier molecular flexibility index (Phi) is 3.76. The van der Waals surface area contributed by atoms with Crippen LogP contribution in [-0.2, 0) is 0 Å². The number of benzene rings is 2. The van der Waals surface area contributed by atoms with Gasteiger partial charge in [-0.15, -0.1) is 0 Å². The predicted octanol–water partition coefficient (Wildman–Crippen LogP) is 5.93. The molecular formula is C16H15BrN2S. The Morgan fingerprint density at radius 1 is 1.15 bits per heavy atom. The summed E-state index contributed by atoms with van der Waals surface area (Å²) in [7, 11) is 0. The number of nitrogens with one attached hydrogen (secondary N) is 1. The average Bonchev–Trinajstić information content (AvgIpc) is 2.80. The van der Waals surface area contributed by atoms with Gasteiger partial charge in [-0.25, -0.2) is 4.98 Å². The van der Waals surface area contributed by atoms with Crippen molar-refractivity contribution in [2.24, 2.45) is 0 Å². The van der Waals surface area contributed by atoms with Gasteiger partial charge in [-0.1, -0.05) is 59.3 Å². The summed E-state index contributed by atoms with van der Waals surface area (Å²) >= 11 is 5.17. The first-order chi connectivity index (χ1) is 9.63. The molecule has 2 aromatic carbocycles. The average molecular weight is 347 g/mol. The number of hydrogen-bond donors (Lipinski definition) is 1. The molecule has 1 heterocycles. The van der Waals surface area contributed by atoms with Gasteiger partial charge in [0.2, 0.25) is 0 Å². The van der Waals surface area contributed by atoms with Gasteiger partial charge < -0.3 is 5.32 Å². The van der Waals surface area contributed by atoms with Gasteiger partial charge in [-0.2, -0.15) is 0 Å². The van der Waals surface area contributed by atoms with Crippen LogP contribution >= 0.6 is 27.3 Å². The van der Waals surface area contributed by atoms with Crippen molar-refractivity contribution in [3.8, 4) is 0 Å². The van der Waals surface area contributed by atoms with Crippen LogP contribution in [0.5, 0.6) is 0 Å². The van der Waals surface area contributed by atoms with Crippen molar-refractivity contribution in [3.63, 3.8) is 0 Å². The van der Waals surface area contributed by atoms with Crippen molar-refractivity contribution in [2.75, 3.05) is 5.32 Å². The van der Waals surface area contributed by atoms with E-state index in [1.165, 1.54) is 10.3 Å². The molecule has 0 spiro atoms. The van der Waals surface area contributed by atoms with E-state index in [9.17, 15) is 0 Å². The molecule has 102 valence electrons. The normalized spacial score (nSPS) is 11.2. The second-order valence-electron chi connectivity index (χ2n) is 5.00. The van der Waals surface area contributed by atoms with Gasteiger partial charge in [0.15, 0.2) is 5.13 Å². The Labute approximate surface area is 131 Å². The Hall–Kier alpha value is -1.39. The molecule has 1 N–H and O–H groups in total. The van der Waals surface area contributed by atoms with Crippen LogP contribution in [0.15, 0.2) is 46.9 Å². The third-order valence-electron chi connectivity index (χ3n) is 3.17. The zero-order chi connectivity index (χ0) is 14.1. The minimum Gasteiger partial charge on any atom is -0.331 e. The van der Waals surface area contributed by atoms with Gasteiger partial charge in [0.25, 0.3) is 0 Å². The third-order valence-corrected chi connectivity index (χ3v) is 4.60. The van der Waals surface area contributed by atoms with Crippen molar-refractivity contribution in [3.05, 3.63) is 52.5 Å². The lowest BCUT2D eigenvalue weighted by Crippen LogP contribution is -1.96. The summed E-state index contributed by atoms with van der Waals surface area (Å²) in [5.74, 6) is 0.488. The lowest BCUT2D eigenvalue weighted by Gasteiger charge is -2.12. The van der Waals surface area contributed by atoms with Crippen LogP contribution in [0.4, 0.5) is 10.8 Å². The largest absolute Gasteiger partial charge is 0.331 e.